The van der Waals surface area contributed by atoms with E-state index in [9.17, 15) is 0 Å². The Morgan fingerprint density at radius 1 is 1.06 bits per heavy atom. The second kappa shape index (κ2) is 5.68. The minimum absolute atomic E-state index is 0.634. The third-order valence-electron chi connectivity index (χ3n) is 4.19. The highest BCUT2D eigenvalue weighted by Gasteiger charge is 2.21. The van der Waals surface area contributed by atoms with Gasteiger partial charge in [0.25, 0.3) is 0 Å². The van der Waals surface area contributed by atoms with Crippen LogP contribution in [-0.4, -0.2) is 13.1 Å². The maximum atomic E-state index is 3.45. The van der Waals surface area contributed by atoms with Crippen molar-refractivity contribution in [2.24, 2.45) is 5.92 Å². The number of piperidine rings is 1. The number of hydrogen-bond acceptors (Lipinski definition) is 1. The van der Waals surface area contributed by atoms with Gasteiger partial charge < -0.3 is 5.32 Å². The van der Waals surface area contributed by atoms with Gasteiger partial charge in [0.1, 0.15) is 0 Å². The van der Waals surface area contributed by atoms with E-state index >= 15 is 0 Å². The lowest BCUT2D eigenvalue weighted by atomic mass is 9.81. The van der Waals surface area contributed by atoms with Gasteiger partial charge in [-0.25, -0.2) is 0 Å². The average Bonchev–Trinajstić information content (AvgIpc) is 2.39. The minimum atomic E-state index is 0.634. The van der Waals surface area contributed by atoms with Gasteiger partial charge in [-0.2, -0.15) is 0 Å². The molecule has 1 aliphatic rings. The molecule has 0 aromatic heterocycles. The van der Waals surface area contributed by atoms with Gasteiger partial charge in [0.05, 0.1) is 0 Å². The molecule has 94 valence electrons. The summed E-state index contributed by atoms with van der Waals surface area (Å²) in [6.07, 6.45) is 2.65. The van der Waals surface area contributed by atoms with Crippen LogP contribution < -0.4 is 5.32 Å². The Morgan fingerprint density at radius 2 is 1.71 bits per heavy atom. The minimum Gasteiger partial charge on any atom is -0.317 e. The smallest absolute Gasteiger partial charge is 0.00461 e. The fraction of sp³-hybridized carbons (Fsp3) is 0.625. The van der Waals surface area contributed by atoms with E-state index in [2.05, 4.69) is 50.4 Å². The van der Waals surface area contributed by atoms with Crippen LogP contribution in [-0.2, 0) is 0 Å². The highest BCUT2D eigenvalue weighted by atomic mass is 14.9. The zero-order chi connectivity index (χ0) is 12.3. The second-order valence-electron chi connectivity index (χ2n) is 5.70. The molecule has 0 saturated carbocycles. The first-order chi connectivity index (χ1) is 8.18. The van der Waals surface area contributed by atoms with Crippen molar-refractivity contribution in [2.75, 3.05) is 13.1 Å². The molecule has 1 aromatic carbocycles. The molecule has 1 unspecified atom stereocenters. The monoisotopic (exact) mass is 231 g/mol. The lowest BCUT2D eigenvalue weighted by Crippen LogP contribution is -2.30. The predicted octanol–water partition coefficient (Wildman–Crippen LogP) is 3.91. The van der Waals surface area contributed by atoms with Gasteiger partial charge in [0, 0.05) is 0 Å². The first-order valence-electron chi connectivity index (χ1n) is 6.99. The van der Waals surface area contributed by atoms with E-state index in [-0.39, 0.29) is 0 Å². The van der Waals surface area contributed by atoms with Gasteiger partial charge in [0.2, 0.25) is 0 Å². The molecule has 1 atom stereocenters. The van der Waals surface area contributed by atoms with Crippen LogP contribution in [0.3, 0.4) is 0 Å². The third kappa shape index (κ3) is 3.10. The lowest BCUT2D eigenvalue weighted by molar-refractivity contribution is 0.330. The molecule has 0 spiro atoms. The molecule has 1 aliphatic heterocycles. The average molecular weight is 231 g/mol. The third-order valence-corrected chi connectivity index (χ3v) is 4.19. The van der Waals surface area contributed by atoms with Crippen LogP contribution in [0.2, 0.25) is 0 Å². The van der Waals surface area contributed by atoms with E-state index in [0.29, 0.717) is 11.8 Å². The molecule has 0 radical (unpaired) electrons. The zero-order valence-electron chi connectivity index (χ0n) is 11.4. The summed E-state index contributed by atoms with van der Waals surface area (Å²) in [5.41, 5.74) is 3.01. The maximum absolute atomic E-state index is 3.45. The first-order valence-corrected chi connectivity index (χ1v) is 6.99. The molecule has 1 nitrogen and oxygen atoms in total. The number of benzene rings is 1. The van der Waals surface area contributed by atoms with Crippen LogP contribution >= 0.6 is 0 Å². The van der Waals surface area contributed by atoms with Crippen LogP contribution in [0.1, 0.15) is 56.6 Å². The number of rotatable bonds is 3. The molecule has 1 N–H and O–H groups in total. The lowest BCUT2D eigenvalue weighted by Gasteiger charge is -2.29. The van der Waals surface area contributed by atoms with Crippen molar-refractivity contribution in [3.05, 3.63) is 35.4 Å². The summed E-state index contributed by atoms with van der Waals surface area (Å²) in [6, 6.07) is 9.20. The van der Waals surface area contributed by atoms with E-state index in [1.165, 1.54) is 37.1 Å². The van der Waals surface area contributed by atoms with Crippen LogP contribution in [0.25, 0.3) is 0 Å². The van der Waals surface area contributed by atoms with Crippen molar-refractivity contribution in [1.29, 1.82) is 0 Å². The predicted molar refractivity (Wildman–Crippen MR) is 74.5 cm³/mol. The fourth-order valence-corrected chi connectivity index (χ4v) is 2.82. The summed E-state index contributed by atoms with van der Waals surface area (Å²) in [4.78, 5) is 0. The quantitative estimate of drug-likeness (QED) is 0.831. The van der Waals surface area contributed by atoms with Crippen molar-refractivity contribution in [3.8, 4) is 0 Å². The van der Waals surface area contributed by atoms with Gasteiger partial charge in [0.15, 0.2) is 0 Å². The summed E-state index contributed by atoms with van der Waals surface area (Å²) in [6.45, 7) is 9.33. The molecule has 1 aromatic rings. The molecule has 1 heteroatoms. The second-order valence-corrected chi connectivity index (χ2v) is 5.70. The number of hydrogen-bond donors (Lipinski definition) is 1. The van der Waals surface area contributed by atoms with Gasteiger partial charge in [-0.1, -0.05) is 45.0 Å². The molecular formula is C16H25N. The van der Waals surface area contributed by atoms with Crippen LogP contribution in [0.5, 0.6) is 0 Å². The van der Waals surface area contributed by atoms with E-state index in [1.807, 2.05) is 0 Å². The normalized spacial score (nSPS) is 19.5. The van der Waals surface area contributed by atoms with Crippen LogP contribution in [0, 0.1) is 5.92 Å². The van der Waals surface area contributed by atoms with E-state index < -0.39 is 0 Å². The number of nitrogens with one attached hydrogen (secondary N) is 1. The molecule has 1 heterocycles. The van der Waals surface area contributed by atoms with Crippen LogP contribution in [0.15, 0.2) is 24.3 Å². The van der Waals surface area contributed by atoms with E-state index in [4.69, 9.17) is 0 Å². The molecule has 2 rings (SSSR count). The Labute approximate surface area is 106 Å². The highest BCUT2D eigenvalue weighted by Crippen LogP contribution is 2.31. The molecule has 1 saturated heterocycles. The van der Waals surface area contributed by atoms with Crippen molar-refractivity contribution in [2.45, 2.75) is 45.4 Å². The molecule has 0 amide bonds. The van der Waals surface area contributed by atoms with Crippen molar-refractivity contribution in [1.82, 2.24) is 5.32 Å². The SMILES string of the molecule is CC(C)c1cccc(C(C)C2CCNCC2)c1. The fourth-order valence-electron chi connectivity index (χ4n) is 2.82. The molecule has 0 aliphatic carbocycles. The van der Waals surface area contributed by atoms with Crippen molar-refractivity contribution >= 4 is 0 Å². The molecule has 17 heavy (non-hydrogen) atoms. The molecule has 0 bridgehead atoms. The van der Waals surface area contributed by atoms with E-state index in [0.717, 1.165) is 5.92 Å². The van der Waals surface area contributed by atoms with Crippen LogP contribution in [0.4, 0.5) is 0 Å². The molecule has 1 fully saturated rings. The first kappa shape index (κ1) is 12.6. The summed E-state index contributed by atoms with van der Waals surface area (Å²) in [7, 11) is 0. The Hall–Kier alpha value is -0.820. The largest absolute Gasteiger partial charge is 0.317 e. The summed E-state index contributed by atoms with van der Waals surface area (Å²) in [5, 5.41) is 3.45. The Bertz CT molecular complexity index is 350. The highest BCUT2D eigenvalue weighted by molar-refractivity contribution is 5.28. The Balaban J connectivity index is 2.12. The van der Waals surface area contributed by atoms with Gasteiger partial charge >= 0.3 is 0 Å². The summed E-state index contributed by atoms with van der Waals surface area (Å²) < 4.78 is 0. The molecular weight excluding hydrogens is 206 g/mol. The van der Waals surface area contributed by atoms with E-state index in [1.54, 1.807) is 0 Å². The summed E-state index contributed by atoms with van der Waals surface area (Å²) >= 11 is 0. The Kier molecular flexibility index (Phi) is 4.22. The van der Waals surface area contributed by atoms with Crippen molar-refractivity contribution < 1.29 is 0 Å². The summed E-state index contributed by atoms with van der Waals surface area (Å²) in [5.74, 6) is 2.20. The topological polar surface area (TPSA) is 12.0 Å². The van der Waals surface area contributed by atoms with Gasteiger partial charge in [-0.15, -0.1) is 0 Å². The van der Waals surface area contributed by atoms with Gasteiger partial charge in [-0.3, -0.25) is 0 Å². The van der Waals surface area contributed by atoms with Gasteiger partial charge in [-0.05, 0) is 54.8 Å². The Morgan fingerprint density at radius 3 is 2.35 bits per heavy atom. The zero-order valence-corrected chi connectivity index (χ0v) is 11.4. The standard InChI is InChI=1S/C16H25N/c1-12(2)15-5-4-6-16(11-15)13(3)14-7-9-17-10-8-14/h4-6,11-14,17H,7-10H2,1-3H3. The van der Waals surface area contributed by atoms with Crippen molar-refractivity contribution in [3.63, 3.8) is 0 Å². The maximum Gasteiger partial charge on any atom is -0.00461 e.